The van der Waals surface area contributed by atoms with Crippen molar-refractivity contribution < 1.29 is 23.1 Å². The minimum atomic E-state index is -4.59. The lowest BCUT2D eigenvalue weighted by Gasteiger charge is -2.22. The predicted octanol–water partition coefficient (Wildman–Crippen LogP) is 2.61. The van der Waals surface area contributed by atoms with Gasteiger partial charge in [0.1, 0.15) is 0 Å². The highest BCUT2D eigenvalue weighted by atomic mass is 19.4. The molecular formula is C12H14F3NO2. The molecule has 3 N–H and O–H groups in total. The summed E-state index contributed by atoms with van der Waals surface area (Å²) in [6.45, 7) is 1.64. The summed E-state index contributed by atoms with van der Waals surface area (Å²) in [6, 6.07) is 3.78. The first kappa shape index (κ1) is 14.5. The molecule has 1 rings (SSSR count). The highest BCUT2D eigenvalue weighted by molar-refractivity contribution is 5.77. The maximum atomic E-state index is 12.8. The van der Waals surface area contributed by atoms with E-state index >= 15 is 0 Å². The van der Waals surface area contributed by atoms with Crippen LogP contribution in [0.1, 0.15) is 30.4 Å². The fraction of sp³-hybridized carbons (Fsp3) is 0.417. The van der Waals surface area contributed by atoms with Crippen LogP contribution in [0, 0.1) is 0 Å². The fourth-order valence-corrected chi connectivity index (χ4v) is 1.81. The van der Waals surface area contributed by atoms with Crippen molar-refractivity contribution in [3.8, 4) is 0 Å². The number of halogens is 3. The van der Waals surface area contributed by atoms with E-state index in [4.69, 9.17) is 10.8 Å². The number of carbonyl (C=O) groups is 1. The number of rotatable bonds is 4. The summed E-state index contributed by atoms with van der Waals surface area (Å²) in [5.74, 6) is -2.70. The van der Waals surface area contributed by atoms with Crippen molar-refractivity contribution in [1.29, 1.82) is 0 Å². The van der Waals surface area contributed by atoms with Crippen molar-refractivity contribution in [2.24, 2.45) is 5.73 Å². The van der Waals surface area contributed by atoms with Crippen molar-refractivity contribution in [2.75, 3.05) is 0 Å². The van der Waals surface area contributed by atoms with Crippen molar-refractivity contribution in [1.82, 2.24) is 0 Å². The lowest BCUT2D eigenvalue weighted by molar-refractivity contribution is -0.142. The summed E-state index contributed by atoms with van der Waals surface area (Å²) < 4.78 is 38.4. The molecule has 0 radical (unpaired) electrons. The average molecular weight is 261 g/mol. The van der Waals surface area contributed by atoms with Gasteiger partial charge in [-0.25, -0.2) is 0 Å². The molecule has 0 saturated carbocycles. The van der Waals surface area contributed by atoms with Gasteiger partial charge in [-0.05, 0) is 18.1 Å². The number of carboxylic acid groups (broad SMARTS) is 1. The van der Waals surface area contributed by atoms with E-state index in [1.165, 1.54) is 12.1 Å². The molecule has 1 aromatic carbocycles. The molecule has 100 valence electrons. The molecule has 0 spiro atoms. The minimum Gasteiger partial charge on any atom is -0.481 e. The van der Waals surface area contributed by atoms with Gasteiger partial charge in [-0.15, -0.1) is 0 Å². The SMILES string of the molecule is CCC(N)C(C(=O)O)c1ccccc1C(F)(F)F. The first-order valence-electron chi connectivity index (χ1n) is 5.43. The quantitative estimate of drug-likeness (QED) is 0.875. The third-order valence-electron chi connectivity index (χ3n) is 2.77. The van der Waals surface area contributed by atoms with Gasteiger partial charge in [0.15, 0.2) is 0 Å². The Morgan fingerprint density at radius 1 is 1.39 bits per heavy atom. The summed E-state index contributed by atoms with van der Waals surface area (Å²) in [4.78, 5) is 11.1. The molecule has 0 fully saturated rings. The second kappa shape index (κ2) is 5.39. The number of benzene rings is 1. The molecule has 0 aliphatic carbocycles. The van der Waals surface area contributed by atoms with E-state index in [0.717, 1.165) is 12.1 Å². The van der Waals surface area contributed by atoms with E-state index < -0.39 is 29.7 Å². The van der Waals surface area contributed by atoms with Crippen LogP contribution >= 0.6 is 0 Å². The summed E-state index contributed by atoms with van der Waals surface area (Å²) >= 11 is 0. The number of hydrogen-bond donors (Lipinski definition) is 2. The Balaban J connectivity index is 3.33. The van der Waals surface area contributed by atoms with Gasteiger partial charge in [-0.2, -0.15) is 13.2 Å². The first-order chi connectivity index (χ1) is 8.29. The van der Waals surface area contributed by atoms with Crippen molar-refractivity contribution in [2.45, 2.75) is 31.5 Å². The van der Waals surface area contributed by atoms with E-state index in [1.54, 1.807) is 6.92 Å². The summed E-state index contributed by atoms with van der Waals surface area (Å²) in [5.41, 5.74) is 4.39. The smallest absolute Gasteiger partial charge is 0.416 e. The maximum Gasteiger partial charge on any atom is 0.416 e. The third-order valence-corrected chi connectivity index (χ3v) is 2.77. The van der Waals surface area contributed by atoms with Crippen LogP contribution in [0.25, 0.3) is 0 Å². The highest BCUT2D eigenvalue weighted by Gasteiger charge is 2.38. The zero-order valence-corrected chi connectivity index (χ0v) is 9.74. The van der Waals surface area contributed by atoms with Gasteiger partial charge in [0, 0.05) is 6.04 Å². The molecule has 3 nitrogen and oxygen atoms in total. The van der Waals surface area contributed by atoms with E-state index in [9.17, 15) is 18.0 Å². The standard InChI is InChI=1S/C12H14F3NO2/c1-2-9(16)10(11(17)18)7-5-3-4-6-8(7)12(13,14)15/h3-6,9-10H,2,16H2,1H3,(H,17,18). The predicted molar refractivity (Wildman–Crippen MR) is 60.1 cm³/mol. The highest BCUT2D eigenvalue weighted by Crippen LogP contribution is 2.36. The van der Waals surface area contributed by atoms with Gasteiger partial charge in [-0.1, -0.05) is 25.1 Å². The summed E-state index contributed by atoms with van der Waals surface area (Å²) in [5, 5.41) is 9.07. The molecule has 6 heteroatoms. The third kappa shape index (κ3) is 3.01. The van der Waals surface area contributed by atoms with E-state index in [-0.39, 0.29) is 12.0 Å². The van der Waals surface area contributed by atoms with Gasteiger partial charge in [0.25, 0.3) is 0 Å². The van der Waals surface area contributed by atoms with Gasteiger partial charge < -0.3 is 10.8 Å². The number of aliphatic carboxylic acids is 1. The Kier molecular flexibility index (Phi) is 4.34. The minimum absolute atomic E-state index is 0.281. The topological polar surface area (TPSA) is 63.3 Å². The van der Waals surface area contributed by atoms with Crippen LogP contribution in [-0.2, 0) is 11.0 Å². The molecule has 0 amide bonds. The van der Waals surface area contributed by atoms with Gasteiger partial charge in [-0.3, -0.25) is 4.79 Å². The molecule has 0 bridgehead atoms. The molecular weight excluding hydrogens is 247 g/mol. The van der Waals surface area contributed by atoms with Crippen molar-refractivity contribution in [3.63, 3.8) is 0 Å². The summed E-state index contributed by atoms with van der Waals surface area (Å²) in [6.07, 6.45) is -4.30. The monoisotopic (exact) mass is 261 g/mol. The molecule has 0 saturated heterocycles. The van der Waals surface area contributed by atoms with Crippen LogP contribution in [-0.4, -0.2) is 17.1 Å². The Bertz CT molecular complexity index is 432. The van der Waals surface area contributed by atoms with Gasteiger partial charge >= 0.3 is 12.1 Å². The largest absolute Gasteiger partial charge is 0.481 e. The second-order valence-corrected chi connectivity index (χ2v) is 3.97. The first-order valence-corrected chi connectivity index (χ1v) is 5.43. The number of nitrogens with two attached hydrogens (primary N) is 1. The van der Waals surface area contributed by atoms with Crippen LogP contribution in [0.3, 0.4) is 0 Å². The lowest BCUT2D eigenvalue weighted by atomic mass is 9.87. The molecule has 2 atom stereocenters. The molecule has 2 unspecified atom stereocenters. The maximum absolute atomic E-state index is 12.8. The second-order valence-electron chi connectivity index (χ2n) is 3.97. The van der Waals surface area contributed by atoms with E-state index in [0.29, 0.717) is 0 Å². The van der Waals surface area contributed by atoms with Gasteiger partial charge in [0.05, 0.1) is 11.5 Å². The van der Waals surface area contributed by atoms with Crippen LogP contribution in [0.5, 0.6) is 0 Å². The molecule has 18 heavy (non-hydrogen) atoms. The van der Waals surface area contributed by atoms with Crippen LogP contribution in [0.15, 0.2) is 24.3 Å². The number of hydrogen-bond acceptors (Lipinski definition) is 2. The summed E-state index contributed by atoms with van der Waals surface area (Å²) in [7, 11) is 0. The lowest BCUT2D eigenvalue weighted by Crippen LogP contribution is -2.34. The molecule has 0 aliphatic heterocycles. The molecule has 0 aromatic heterocycles. The average Bonchev–Trinajstić information content (AvgIpc) is 2.27. The zero-order chi connectivity index (χ0) is 13.9. The van der Waals surface area contributed by atoms with Crippen LogP contribution in [0.4, 0.5) is 13.2 Å². The van der Waals surface area contributed by atoms with Crippen molar-refractivity contribution in [3.05, 3.63) is 35.4 Å². The van der Waals surface area contributed by atoms with E-state index in [2.05, 4.69) is 0 Å². The number of carboxylic acids is 1. The Hall–Kier alpha value is -1.56. The number of alkyl halides is 3. The van der Waals surface area contributed by atoms with Gasteiger partial charge in [0.2, 0.25) is 0 Å². The Morgan fingerprint density at radius 2 is 1.94 bits per heavy atom. The van der Waals surface area contributed by atoms with Crippen molar-refractivity contribution >= 4 is 5.97 Å². The van der Waals surface area contributed by atoms with Crippen LogP contribution in [0.2, 0.25) is 0 Å². The van der Waals surface area contributed by atoms with E-state index in [1.807, 2.05) is 0 Å². The zero-order valence-electron chi connectivity index (χ0n) is 9.74. The normalized spacial score (nSPS) is 15.2. The molecule has 0 heterocycles. The Labute approximate surface area is 102 Å². The molecule has 0 aliphatic rings. The Morgan fingerprint density at radius 3 is 2.39 bits per heavy atom. The van der Waals surface area contributed by atoms with Crippen LogP contribution < -0.4 is 5.73 Å². The fourth-order valence-electron chi connectivity index (χ4n) is 1.81. The molecule has 1 aromatic rings.